The number of hydrogen-bond donors (Lipinski definition) is 0. The summed E-state index contributed by atoms with van der Waals surface area (Å²) in [5.41, 5.74) is 3.54. The molecule has 4 rings (SSSR count). The molecule has 0 amide bonds. The zero-order valence-corrected chi connectivity index (χ0v) is 15.9. The van der Waals surface area contributed by atoms with E-state index >= 15 is 0 Å². The summed E-state index contributed by atoms with van der Waals surface area (Å²) < 4.78 is 10.9. The Morgan fingerprint density at radius 1 is 1.08 bits per heavy atom. The van der Waals surface area contributed by atoms with Crippen molar-refractivity contribution in [3.05, 3.63) is 53.6 Å². The zero-order valence-electron chi connectivity index (χ0n) is 15.9. The maximum Gasteiger partial charge on any atom is 0.224 e. The first kappa shape index (κ1) is 16.8. The Labute approximate surface area is 154 Å². The van der Waals surface area contributed by atoms with E-state index in [1.807, 2.05) is 18.2 Å². The Morgan fingerprint density at radius 3 is 2.54 bits per heavy atom. The highest BCUT2D eigenvalue weighted by Crippen LogP contribution is 2.55. The summed E-state index contributed by atoms with van der Waals surface area (Å²) in [6.07, 6.45) is 0.674. The lowest BCUT2D eigenvalue weighted by Crippen LogP contribution is -2.54. The lowest BCUT2D eigenvalue weighted by Gasteiger charge is -2.40. The van der Waals surface area contributed by atoms with Gasteiger partial charge in [-0.25, -0.2) is 0 Å². The van der Waals surface area contributed by atoms with Gasteiger partial charge < -0.3 is 19.2 Å². The number of likely N-dealkylation sites (N-methyl/N-ethyl adjacent to an activating group) is 1. The predicted molar refractivity (Wildman–Crippen MR) is 102 cm³/mol. The van der Waals surface area contributed by atoms with E-state index in [0.29, 0.717) is 6.42 Å². The van der Waals surface area contributed by atoms with Gasteiger partial charge in [-0.3, -0.25) is 0 Å². The van der Waals surface area contributed by atoms with E-state index in [1.54, 1.807) is 14.2 Å². The van der Waals surface area contributed by atoms with Crippen LogP contribution < -0.4 is 14.4 Å². The zero-order chi connectivity index (χ0) is 18.5. The molecule has 2 heterocycles. The topological polar surface area (TPSA) is 43.3 Å². The molecule has 2 aliphatic rings. The van der Waals surface area contributed by atoms with Gasteiger partial charge in [-0.1, -0.05) is 23.4 Å². The Kier molecular flexibility index (Phi) is 3.65. The third-order valence-corrected chi connectivity index (χ3v) is 5.89. The van der Waals surface area contributed by atoms with E-state index in [4.69, 9.17) is 14.3 Å². The molecule has 0 fully saturated rings. The van der Waals surface area contributed by atoms with Crippen molar-refractivity contribution >= 4 is 11.4 Å². The van der Waals surface area contributed by atoms with Gasteiger partial charge in [0.05, 0.1) is 31.8 Å². The number of hydrogen-bond acceptors (Lipinski definition) is 5. The molecule has 0 aliphatic carbocycles. The van der Waals surface area contributed by atoms with Gasteiger partial charge in [-0.15, -0.1) is 0 Å². The van der Waals surface area contributed by atoms with E-state index < -0.39 is 5.72 Å². The molecule has 136 valence electrons. The fourth-order valence-electron chi connectivity index (χ4n) is 4.24. The summed E-state index contributed by atoms with van der Waals surface area (Å²) in [6, 6.07) is 14.2. The monoisotopic (exact) mass is 352 g/mol. The maximum atomic E-state index is 6.16. The first-order chi connectivity index (χ1) is 12.4. The van der Waals surface area contributed by atoms with E-state index in [1.165, 1.54) is 11.3 Å². The van der Waals surface area contributed by atoms with Crippen LogP contribution in [-0.4, -0.2) is 32.7 Å². The van der Waals surface area contributed by atoms with Crippen molar-refractivity contribution < 1.29 is 14.3 Å². The summed E-state index contributed by atoms with van der Waals surface area (Å²) in [4.78, 5) is 8.38. The minimum atomic E-state index is -0.545. The second-order valence-electron chi connectivity index (χ2n) is 7.36. The standard InChI is InChI=1S/C21H24N2O3/c1-20(2)16-8-6-7-9-18(16)23(3)21(20)13-17(22-26-21)15-11-10-14(24-4)12-19(15)25-5/h6-12H,13H2,1-5H3/t21-/m1/s1. The fourth-order valence-corrected chi connectivity index (χ4v) is 4.24. The quantitative estimate of drug-likeness (QED) is 0.839. The first-order valence-electron chi connectivity index (χ1n) is 8.75. The van der Waals surface area contributed by atoms with E-state index in [2.05, 4.69) is 55.2 Å². The molecule has 0 radical (unpaired) electrons. The summed E-state index contributed by atoms with van der Waals surface area (Å²) in [6.45, 7) is 4.44. The summed E-state index contributed by atoms with van der Waals surface area (Å²) in [7, 11) is 5.38. The van der Waals surface area contributed by atoms with E-state index in [9.17, 15) is 0 Å². The summed E-state index contributed by atoms with van der Waals surface area (Å²) in [5, 5.41) is 4.49. The van der Waals surface area contributed by atoms with Crippen molar-refractivity contribution in [3.63, 3.8) is 0 Å². The van der Waals surface area contributed by atoms with Gasteiger partial charge in [0, 0.05) is 24.4 Å². The minimum Gasteiger partial charge on any atom is -0.497 e. The van der Waals surface area contributed by atoms with Crippen molar-refractivity contribution in [2.45, 2.75) is 31.4 Å². The van der Waals surface area contributed by atoms with Gasteiger partial charge in [0.25, 0.3) is 0 Å². The number of benzene rings is 2. The lowest BCUT2D eigenvalue weighted by molar-refractivity contribution is -0.0591. The van der Waals surface area contributed by atoms with Crippen LogP contribution in [0.3, 0.4) is 0 Å². The van der Waals surface area contributed by atoms with E-state index in [-0.39, 0.29) is 5.41 Å². The van der Waals surface area contributed by atoms with Crippen LogP contribution >= 0.6 is 0 Å². The van der Waals surface area contributed by atoms with Gasteiger partial charge in [0.1, 0.15) is 11.5 Å². The smallest absolute Gasteiger partial charge is 0.224 e. The molecule has 0 bridgehead atoms. The number of para-hydroxylation sites is 1. The molecule has 0 unspecified atom stereocenters. The highest BCUT2D eigenvalue weighted by molar-refractivity contribution is 6.04. The Balaban J connectivity index is 1.73. The van der Waals surface area contributed by atoms with Crippen LogP contribution in [-0.2, 0) is 10.3 Å². The van der Waals surface area contributed by atoms with Gasteiger partial charge >= 0.3 is 0 Å². The molecule has 5 heteroatoms. The number of oxime groups is 1. The normalized spacial score (nSPS) is 22.8. The molecule has 0 aromatic heterocycles. The third kappa shape index (κ3) is 2.06. The van der Waals surface area contributed by atoms with Gasteiger partial charge in [0.2, 0.25) is 5.72 Å². The number of nitrogens with zero attached hydrogens (tertiary/aromatic N) is 2. The maximum absolute atomic E-state index is 6.16. The molecule has 2 aromatic carbocycles. The number of anilines is 1. The second-order valence-corrected chi connectivity index (χ2v) is 7.36. The van der Waals surface area contributed by atoms with Gasteiger partial charge in [-0.05, 0) is 37.6 Å². The number of methoxy groups -OCH3 is 2. The van der Waals surface area contributed by atoms with Crippen LogP contribution in [0.2, 0.25) is 0 Å². The van der Waals surface area contributed by atoms with Crippen molar-refractivity contribution in [1.29, 1.82) is 0 Å². The highest BCUT2D eigenvalue weighted by Gasteiger charge is 2.61. The van der Waals surface area contributed by atoms with Crippen LogP contribution in [0.25, 0.3) is 0 Å². The third-order valence-electron chi connectivity index (χ3n) is 5.89. The van der Waals surface area contributed by atoms with Crippen LogP contribution in [0, 0.1) is 0 Å². The predicted octanol–water partition coefficient (Wildman–Crippen LogP) is 3.95. The Morgan fingerprint density at radius 2 is 1.85 bits per heavy atom. The average Bonchev–Trinajstić information content (AvgIpc) is 3.19. The molecule has 5 nitrogen and oxygen atoms in total. The van der Waals surface area contributed by atoms with Gasteiger partial charge in [-0.2, -0.15) is 0 Å². The average molecular weight is 352 g/mol. The SMILES string of the molecule is COc1ccc(C2=NO[C@@]3(C2)N(C)c2ccccc2C3(C)C)c(OC)c1. The summed E-state index contributed by atoms with van der Waals surface area (Å²) in [5.74, 6) is 1.49. The van der Waals surface area contributed by atoms with Crippen molar-refractivity contribution in [2.75, 3.05) is 26.2 Å². The van der Waals surface area contributed by atoms with Crippen molar-refractivity contribution in [2.24, 2.45) is 5.16 Å². The minimum absolute atomic E-state index is 0.205. The Hall–Kier alpha value is -2.69. The van der Waals surface area contributed by atoms with Gasteiger partial charge in [0.15, 0.2) is 0 Å². The van der Waals surface area contributed by atoms with Crippen LogP contribution in [0.5, 0.6) is 11.5 Å². The van der Waals surface area contributed by atoms with Crippen molar-refractivity contribution in [1.82, 2.24) is 0 Å². The largest absolute Gasteiger partial charge is 0.497 e. The van der Waals surface area contributed by atoms with Crippen LogP contribution in [0.15, 0.2) is 47.6 Å². The number of ether oxygens (including phenoxy) is 2. The number of rotatable bonds is 3. The van der Waals surface area contributed by atoms with Crippen LogP contribution in [0.1, 0.15) is 31.4 Å². The molecule has 0 saturated carbocycles. The number of fused-ring (bicyclic) bond motifs is 1. The molecule has 1 spiro atoms. The Bertz CT molecular complexity index is 891. The molecular weight excluding hydrogens is 328 g/mol. The first-order valence-corrected chi connectivity index (χ1v) is 8.75. The van der Waals surface area contributed by atoms with Crippen molar-refractivity contribution in [3.8, 4) is 11.5 Å². The molecular formula is C21H24N2O3. The summed E-state index contributed by atoms with van der Waals surface area (Å²) >= 11 is 0. The van der Waals surface area contributed by atoms with Crippen LogP contribution in [0.4, 0.5) is 5.69 Å². The van der Waals surface area contributed by atoms with E-state index in [0.717, 1.165) is 22.8 Å². The lowest BCUT2D eigenvalue weighted by atomic mass is 9.75. The molecule has 2 aromatic rings. The molecule has 26 heavy (non-hydrogen) atoms. The molecule has 2 aliphatic heterocycles. The molecule has 1 atom stereocenters. The molecule has 0 saturated heterocycles. The highest BCUT2D eigenvalue weighted by atomic mass is 16.7. The fraction of sp³-hybridized carbons (Fsp3) is 0.381. The molecule has 0 N–H and O–H groups in total. The second kappa shape index (κ2) is 5.66.